The Balaban J connectivity index is 1.77. The predicted molar refractivity (Wildman–Crippen MR) is 105 cm³/mol. The number of carbonyl (C=O) groups excluding carboxylic acids is 1. The van der Waals surface area contributed by atoms with E-state index < -0.39 is 11.6 Å². The molecule has 4 rings (SSSR count). The van der Waals surface area contributed by atoms with Gasteiger partial charge >= 0.3 is 0 Å². The highest BCUT2D eigenvalue weighted by Gasteiger charge is 2.19. The van der Waals surface area contributed by atoms with Gasteiger partial charge in [0.25, 0.3) is 0 Å². The van der Waals surface area contributed by atoms with E-state index >= 15 is 0 Å². The summed E-state index contributed by atoms with van der Waals surface area (Å²) in [6, 6.07) is 7.60. The Hall–Kier alpha value is -3.52. The molecule has 0 unspecified atom stereocenters. The molecule has 0 aliphatic carbocycles. The van der Waals surface area contributed by atoms with E-state index in [1.165, 1.54) is 31.6 Å². The normalized spacial score (nSPS) is 10.9. The number of hydrogen-bond donors (Lipinski definition) is 1. The molecule has 0 aliphatic rings. The van der Waals surface area contributed by atoms with Crippen LogP contribution in [0.2, 0.25) is 5.02 Å². The van der Waals surface area contributed by atoms with Gasteiger partial charge in [-0.15, -0.1) is 0 Å². The van der Waals surface area contributed by atoms with Gasteiger partial charge in [-0.1, -0.05) is 11.6 Å². The van der Waals surface area contributed by atoms with E-state index in [2.05, 4.69) is 15.3 Å². The number of ether oxygens (including phenoxy) is 1. The van der Waals surface area contributed by atoms with Gasteiger partial charge in [0.15, 0.2) is 29.3 Å². The summed E-state index contributed by atoms with van der Waals surface area (Å²) < 4.78 is 35.1. The zero-order valence-corrected chi connectivity index (χ0v) is 15.7. The van der Waals surface area contributed by atoms with Crippen LogP contribution in [0.15, 0.2) is 48.9 Å². The minimum Gasteiger partial charge on any atom is -0.494 e. The summed E-state index contributed by atoms with van der Waals surface area (Å²) in [6.45, 7) is 0. The smallest absolute Gasteiger partial charge is 0.201 e. The van der Waals surface area contributed by atoms with E-state index in [1.807, 2.05) is 0 Å². The van der Waals surface area contributed by atoms with Crippen molar-refractivity contribution in [1.82, 2.24) is 14.4 Å². The second kappa shape index (κ2) is 7.48. The summed E-state index contributed by atoms with van der Waals surface area (Å²) in [7, 11) is 1.27. The van der Waals surface area contributed by atoms with Crippen molar-refractivity contribution in [1.29, 1.82) is 0 Å². The second-order valence-electron chi connectivity index (χ2n) is 6.04. The van der Waals surface area contributed by atoms with Crippen LogP contribution in [0.4, 0.5) is 20.3 Å². The molecule has 9 heteroatoms. The van der Waals surface area contributed by atoms with Crippen molar-refractivity contribution in [3.05, 3.63) is 71.1 Å². The van der Waals surface area contributed by atoms with Crippen molar-refractivity contribution in [2.45, 2.75) is 0 Å². The quantitative estimate of drug-likeness (QED) is 0.471. The molecule has 6 nitrogen and oxygen atoms in total. The number of imidazole rings is 1. The number of aldehydes is 1. The van der Waals surface area contributed by atoms with E-state index in [-0.39, 0.29) is 16.3 Å². The minimum absolute atomic E-state index is 0.0336. The maximum absolute atomic E-state index is 14.5. The molecule has 0 radical (unpaired) electrons. The van der Waals surface area contributed by atoms with Gasteiger partial charge in [-0.05, 0) is 30.3 Å². The maximum atomic E-state index is 14.5. The SMILES string of the molecule is COc1ccc(-c2cnc3c(Nc4ccc(C=O)c(Cl)c4)nccn23)c(F)c1F. The monoisotopic (exact) mass is 414 g/mol. The summed E-state index contributed by atoms with van der Waals surface area (Å²) >= 11 is 6.06. The molecular formula is C20H13ClF2N4O2. The van der Waals surface area contributed by atoms with E-state index in [9.17, 15) is 13.6 Å². The third-order valence-corrected chi connectivity index (χ3v) is 4.69. The summed E-state index contributed by atoms with van der Waals surface area (Å²) in [5, 5.41) is 3.35. The van der Waals surface area contributed by atoms with Gasteiger partial charge in [-0.3, -0.25) is 9.20 Å². The second-order valence-corrected chi connectivity index (χ2v) is 6.44. The van der Waals surface area contributed by atoms with E-state index in [0.717, 1.165) is 0 Å². The number of methoxy groups -OCH3 is 1. The van der Waals surface area contributed by atoms with Crippen LogP contribution >= 0.6 is 11.6 Å². The number of hydrogen-bond acceptors (Lipinski definition) is 5. The number of aromatic nitrogens is 3. The molecule has 2 aromatic heterocycles. The Bertz CT molecular complexity index is 1240. The summed E-state index contributed by atoms with van der Waals surface area (Å²) in [5.74, 6) is -1.91. The number of anilines is 2. The molecule has 0 spiro atoms. The third-order valence-electron chi connectivity index (χ3n) is 4.36. The topological polar surface area (TPSA) is 68.5 Å². The van der Waals surface area contributed by atoms with Crippen LogP contribution in [0.3, 0.4) is 0 Å². The Labute approximate surface area is 168 Å². The molecule has 0 aliphatic heterocycles. The molecule has 1 N–H and O–H groups in total. The number of benzene rings is 2. The first kappa shape index (κ1) is 18.8. The highest BCUT2D eigenvalue weighted by molar-refractivity contribution is 6.33. The van der Waals surface area contributed by atoms with E-state index in [4.69, 9.17) is 16.3 Å². The Morgan fingerprint density at radius 2 is 2.00 bits per heavy atom. The molecule has 0 bridgehead atoms. The number of rotatable bonds is 5. The molecule has 0 amide bonds. The van der Waals surface area contributed by atoms with Crippen LogP contribution in [0.5, 0.6) is 5.75 Å². The van der Waals surface area contributed by atoms with Crippen LogP contribution in [0.25, 0.3) is 16.9 Å². The largest absolute Gasteiger partial charge is 0.494 e. The summed E-state index contributed by atoms with van der Waals surface area (Å²) in [6.07, 6.45) is 5.18. The molecule has 29 heavy (non-hydrogen) atoms. The van der Waals surface area contributed by atoms with Crippen LogP contribution in [0.1, 0.15) is 10.4 Å². The average Bonchev–Trinajstić information content (AvgIpc) is 3.15. The molecule has 0 saturated heterocycles. The molecule has 4 aromatic rings. The van der Waals surface area contributed by atoms with E-state index in [1.54, 1.807) is 28.8 Å². The lowest BCUT2D eigenvalue weighted by Crippen LogP contribution is -2.00. The lowest BCUT2D eigenvalue weighted by Gasteiger charge is -2.10. The van der Waals surface area contributed by atoms with Crippen LogP contribution in [-0.2, 0) is 0 Å². The highest BCUT2D eigenvalue weighted by Crippen LogP contribution is 2.31. The van der Waals surface area contributed by atoms with Crippen molar-refractivity contribution in [3.63, 3.8) is 0 Å². The average molecular weight is 415 g/mol. The predicted octanol–water partition coefficient (Wildman–Crippen LogP) is 4.89. The number of nitrogens with one attached hydrogen (secondary N) is 1. The first-order valence-electron chi connectivity index (χ1n) is 8.39. The third kappa shape index (κ3) is 3.27. The van der Waals surface area contributed by atoms with Gasteiger partial charge in [0.05, 0.1) is 24.0 Å². The fraction of sp³-hybridized carbons (Fsp3) is 0.0500. The zero-order valence-electron chi connectivity index (χ0n) is 15.0. The van der Waals surface area contributed by atoms with Gasteiger partial charge in [0.2, 0.25) is 5.82 Å². The first-order chi connectivity index (χ1) is 14.0. The van der Waals surface area contributed by atoms with Crippen LogP contribution < -0.4 is 10.1 Å². The highest BCUT2D eigenvalue weighted by atomic mass is 35.5. The van der Waals surface area contributed by atoms with E-state index in [0.29, 0.717) is 34.7 Å². The Morgan fingerprint density at radius 3 is 2.72 bits per heavy atom. The van der Waals surface area contributed by atoms with Crippen molar-refractivity contribution >= 4 is 35.0 Å². The Kier molecular flexibility index (Phi) is 4.85. The van der Waals surface area contributed by atoms with Gasteiger partial charge in [0.1, 0.15) is 0 Å². The molecule has 2 heterocycles. The lowest BCUT2D eigenvalue weighted by molar-refractivity contribution is 0.112. The maximum Gasteiger partial charge on any atom is 0.201 e. The molecule has 146 valence electrons. The van der Waals surface area contributed by atoms with Crippen molar-refractivity contribution in [3.8, 4) is 17.0 Å². The van der Waals surface area contributed by atoms with Gasteiger partial charge in [0, 0.05) is 29.2 Å². The number of halogens is 3. The fourth-order valence-corrected chi connectivity index (χ4v) is 3.16. The molecule has 0 saturated carbocycles. The van der Waals surface area contributed by atoms with Gasteiger partial charge in [-0.2, -0.15) is 4.39 Å². The number of fused-ring (bicyclic) bond motifs is 1. The number of nitrogens with zero attached hydrogens (tertiary/aromatic N) is 3. The van der Waals surface area contributed by atoms with Crippen LogP contribution in [0, 0.1) is 11.6 Å². The minimum atomic E-state index is -1.07. The molecule has 0 atom stereocenters. The fourth-order valence-electron chi connectivity index (χ4n) is 2.93. The lowest BCUT2D eigenvalue weighted by atomic mass is 10.1. The summed E-state index contributed by atoms with van der Waals surface area (Å²) in [4.78, 5) is 19.4. The molecular weight excluding hydrogens is 402 g/mol. The van der Waals surface area contributed by atoms with Crippen molar-refractivity contribution in [2.24, 2.45) is 0 Å². The zero-order chi connectivity index (χ0) is 20.5. The van der Waals surface area contributed by atoms with Crippen molar-refractivity contribution < 1.29 is 18.3 Å². The van der Waals surface area contributed by atoms with Gasteiger partial charge < -0.3 is 10.1 Å². The standard InChI is InChI=1S/C20H13ClF2N4O2/c1-29-16-5-4-13(17(22)18(16)23)15-9-25-20-19(24-6-7-27(15)20)26-12-3-2-11(10-28)14(21)8-12/h2-10H,1H3,(H,24,26). The first-order valence-corrected chi connectivity index (χ1v) is 8.77. The van der Waals surface area contributed by atoms with Crippen LogP contribution in [-0.4, -0.2) is 27.8 Å². The summed E-state index contributed by atoms with van der Waals surface area (Å²) in [5.41, 5.74) is 1.73. The Morgan fingerprint density at radius 1 is 1.17 bits per heavy atom. The number of carbonyl (C=O) groups is 1. The van der Waals surface area contributed by atoms with Gasteiger partial charge in [-0.25, -0.2) is 14.4 Å². The van der Waals surface area contributed by atoms with Crippen molar-refractivity contribution in [2.75, 3.05) is 12.4 Å². The molecule has 2 aromatic carbocycles. The molecule has 0 fully saturated rings.